The molecule has 208 valence electrons. The number of phenolic OH excluding ortho intramolecular Hbond substituents is 1. The molecule has 1 unspecified atom stereocenters. The van der Waals surface area contributed by atoms with Gasteiger partial charge in [0, 0.05) is 47.1 Å². The number of thiophene rings is 1. The van der Waals surface area contributed by atoms with E-state index in [4.69, 9.17) is 21.0 Å². The number of alkyl halides is 3. The number of likely N-dealkylation sites (tertiary alicyclic amines) is 1. The van der Waals surface area contributed by atoms with Gasteiger partial charge >= 0.3 is 12.1 Å². The third-order valence-corrected chi connectivity index (χ3v) is 8.48. The zero-order valence-electron chi connectivity index (χ0n) is 19.8. The summed E-state index contributed by atoms with van der Waals surface area (Å²) in [5.41, 5.74) is 7.18. The van der Waals surface area contributed by atoms with E-state index in [0.717, 1.165) is 21.8 Å². The summed E-state index contributed by atoms with van der Waals surface area (Å²) in [6.07, 6.45) is -1.47. The molecule has 2 aromatic heterocycles. The molecule has 1 fully saturated rings. The smallest absolute Gasteiger partial charge is 0.490 e. The van der Waals surface area contributed by atoms with Crippen LogP contribution in [-0.2, 0) is 26.2 Å². The number of hydrogen-bond acceptors (Lipinski definition) is 8. The van der Waals surface area contributed by atoms with Crippen molar-refractivity contribution in [1.82, 2.24) is 14.6 Å². The number of phenols is 1. The molecule has 1 aromatic carbocycles. The molecule has 0 bridgehead atoms. The Balaban J connectivity index is 0.000000532. The normalized spacial score (nSPS) is 15.5. The van der Waals surface area contributed by atoms with Crippen molar-refractivity contribution in [2.45, 2.75) is 29.4 Å². The Morgan fingerprint density at radius 1 is 1.26 bits per heavy atom. The van der Waals surface area contributed by atoms with E-state index < -0.39 is 28.2 Å². The molecule has 1 saturated heterocycles. The number of carboxylic acids is 1. The summed E-state index contributed by atoms with van der Waals surface area (Å²) >= 11 is 1.11. The van der Waals surface area contributed by atoms with Gasteiger partial charge in [0.2, 0.25) is 5.91 Å². The number of carbonyl (C=O) groups excluding carboxylic acids is 1. The minimum Gasteiger partial charge on any atom is -0.508 e. The minimum atomic E-state index is -5.08. The second-order valence-electron chi connectivity index (χ2n) is 8.14. The van der Waals surface area contributed by atoms with Crippen molar-refractivity contribution in [3.63, 3.8) is 0 Å². The minimum absolute atomic E-state index is 0.0200. The Kier molecular flexibility index (Phi) is 8.93. The van der Waals surface area contributed by atoms with Crippen LogP contribution in [0.5, 0.6) is 5.75 Å². The second-order valence-corrected chi connectivity index (χ2v) is 11.2. The fraction of sp³-hybridized carbons (Fsp3) is 0.217. The van der Waals surface area contributed by atoms with E-state index in [2.05, 4.69) is 9.71 Å². The standard InChI is InChI=1S/C21H21N5O4S2.C2HF3O2/c22-20(23)13-3-4-17(27)15(10-13)12-26-9-7-16(21(26)28)25-32(29,30)19-6-5-18(31-19)14-2-1-8-24-11-14;3-2(4,5)1(6)7/h1-6,8,10-11,16,25,27H,7,9,12H2,(H3,22,23);(H,6,7). The monoisotopic (exact) mass is 585 g/mol. The Bertz CT molecular complexity index is 1480. The molecule has 39 heavy (non-hydrogen) atoms. The van der Waals surface area contributed by atoms with Crippen LogP contribution in [0.2, 0.25) is 0 Å². The highest BCUT2D eigenvalue weighted by atomic mass is 32.2. The summed E-state index contributed by atoms with van der Waals surface area (Å²) in [5.74, 6) is -3.29. The van der Waals surface area contributed by atoms with Crippen LogP contribution in [0.1, 0.15) is 17.5 Å². The maximum absolute atomic E-state index is 12.9. The second kappa shape index (κ2) is 11.8. The number of hydrogen-bond donors (Lipinski definition) is 5. The van der Waals surface area contributed by atoms with E-state index in [0.29, 0.717) is 24.1 Å². The average Bonchev–Trinajstić information content (AvgIpc) is 3.49. The number of rotatable bonds is 7. The van der Waals surface area contributed by atoms with Gasteiger partial charge in [-0.1, -0.05) is 6.07 Å². The van der Waals surface area contributed by atoms with Crippen LogP contribution in [-0.4, -0.2) is 65.0 Å². The number of nitrogens with two attached hydrogens (primary N) is 1. The molecule has 1 aliphatic rings. The summed E-state index contributed by atoms with van der Waals surface area (Å²) in [7, 11) is -3.88. The predicted octanol–water partition coefficient (Wildman–Crippen LogP) is 2.51. The molecule has 0 spiro atoms. The first-order valence-electron chi connectivity index (χ1n) is 11.0. The van der Waals surface area contributed by atoms with Gasteiger partial charge in [0.25, 0.3) is 10.0 Å². The van der Waals surface area contributed by atoms with Gasteiger partial charge < -0.3 is 20.8 Å². The lowest BCUT2D eigenvalue weighted by molar-refractivity contribution is -0.192. The Morgan fingerprint density at radius 3 is 2.54 bits per heavy atom. The molecule has 1 atom stereocenters. The fourth-order valence-electron chi connectivity index (χ4n) is 3.46. The van der Waals surface area contributed by atoms with Crippen LogP contribution in [0, 0.1) is 5.41 Å². The number of nitrogens with one attached hydrogen (secondary N) is 2. The van der Waals surface area contributed by atoms with Crippen molar-refractivity contribution in [1.29, 1.82) is 5.41 Å². The lowest BCUT2D eigenvalue weighted by Crippen LogP contribution is -2.41. The van der Waals surface area contributed by atoms with Crippen LogP contribution in [0.4, 0.5) is 13.2 Å². The Morgan fingerprint density at radius 2 is 1.95 bits per heavy atom. The number of pyridine rings is 1. The van der Waals surface area contributed by atoms with E-state index in [-0.39, 0.29) is 28.2 Å². The largest absolute Gasteiger partial charge is 0.508 e. The van der Waals surface area contributed by atoms with Crippen LogP contribution >= 0.6 is 11.3 Å². The number of carbonyl (C=O) groups is 2. The molecular weight excluding hydrogens is 563 g/mol. The average molecular weight is 586 g/mol. The van der Waals surface area contributed by atoms with Crippen LogP contribution in [0.3, 0.4) is 0 Å². The van der Waals surface area contributed by atoms with Crippen molar-refractivity contribution in [2.24, 2.45) is 5.73 Å². The molecule has 4 rings (SSSR count). The molecule has 0 saturated carbocycles. The maximum atomic E-state index is 12.9. The van der Waals surface area contributed by atoms with Gasteiger partial charge in [0.05, 0.1) is 0 Å². The van der Waals surface area contributed by atoms with E-state index >= 15 is 0 Å². The van der Waals surface area contributed by atoms with Gasteiger partial charge in [-0.15, -0.1) is 11.3 Å². The fourth-order valence-corrected chi connectivity index (χ4v) is 6.00. The molecule has 6 N–H and O–H groups in total. The van der Waals surface area contributed by atoms with Crippen molar-refractivity contribution in [3.05, 3.63) is 66.0 Å². The molecule has 0 aliphatic carbocycles. The lowest BCUT2D eigenvalue weighted by Gasteiger charge is -2.18. The predicted molar refractivity (Wildman–Crippen MR) is 135 cm³/mol. The number of aromatic nitrogens is 1. The molecule has 3 heterocycles. The highest BCUT2D eigenvalue weighted by Crippen LogP contribution is 2.31. The number of aromatic hydroxyl groups is 1. The lowest BCUT2D eigenvalue weighted by atomic mass is 10.1. The summed E-state index contributed by atoms with van der Waals surface area (Å²) in [4.78, 5) is 28.0. The van der Waals surface area contributed by atoms with Gasteiger partial charge in [-0.05, 0) is 42.8 Å². The van der Waals surface area contributed by atoms with E-state index in [9.17, 15) is 31.5 Å². The first kappa shape index (κ1) is 29.5. The van der Waals surface area contributed by atoms with Crippen molar-refractivity contribution in [2.75, 3.05) is 6.54 Å². The van der Waals surface area contributed by atoms with Crippen LogP contribution in [0.15, 0.2) is 59.1 Å². The highest BCUT2D eigenvalue weighted by molar-refractivity contribution is 7.91. The summed E-state index contributed by atoms with van der Waals surface area (Å²) < 4.78 is 60.1. The Hall–Kier alpha value is -4.02. The van der Waals surface area contributed by atoms with E-state index in [1.807, 2.05) is 6.07 Å². The number of nitrogens with zero attached hydrogens (tertiary/aromatic N) is 2. The van der Waals surface area contributed by atoms with Gasteiger partial charge in [-0.3, -0.25) is 15.2 Å². The number of amidine groups is 1. The molecule has 0 radical (unpaired) electrons. The highest BCUT2D eigenvalue weighted by Gasteiger charge is 2.38. The van der Waals surface area contributed by atoms with Crippen LogP contribution in [0.25, 0.3) is 10.4 Å². The number of halogens is 3. The van der Waals surface area contributed by atoms with Crippen molar-refractivity contribution < 1.29 is 41.4 Å². The van der Waals surface area contributed by atoms with Gasteiger partial charge in [-0.25, -0.2) is 13.2 Å². The molecular formula is C23H22F3N5O6S2. The zero-order chi connectivity index (χ0) is 29.0. The van der Waals surface area contributed by atoms with Gasteiger partial charge in [-0.2, -0.15) is 17.9 Å². The SMILES string of the molecule is N=C(N)c1ccc(O)c(CN2CCC(NS(=O)(=O)c3ccc(-c4cccnc4)s3)C2=O)c1.O=C(O)C(F)(F)F. The molecule has 11 nitrogen and oxygen atoms in total. The topological polar surface area (TPSA) is 187 Å². The number of benzene rings is 1. The first-order valence-corrected chi connectivity index (χ1v) is 13.3. The number of nitrogen functional groups attached to an aromatic ring is 1. The maximum Gasteiger partial charge on any atom is 0.490 e. The third-order valence-electron chi connectivity index (χ3n) is 5.38. The number of sulfonamides is 1. The number of carboxylic acid groups (broad SMARTS) is 1. The molecule has 1 aliphatic heterocycles. The Labute approximate surface area is 224 Å². The van der Waals surface area contributed by atoms with Crippen molar-refractivity contribution in [3.8, 4) is 16.2 Å². The van der Waals surface area contributed by atoms with Crippen LogP contribution < -0.4 is 10.5 Å². The molecule has 3 aromatic rings. The van der Waals surface area contributed by atoms with Gasteiger partial charge in [0.1, 0.15) is 21.8 Å². The number of amides is 1. The van der Waals surface area contributed by atoms with E-state index in [1.165, 1.54) is 23.1 Å². The molecule has 1 amide bonds. The summed E-state index contributed by atoms with van der Waals surface area (Å²) in [6, 6.07) is 10.4. The first-order chi connectivity index (χ1) is 18.2. The quantitative estimate of drug-likeness (QED) is 0.207. The number of aliphatic carboxylic acids is 1. The summed E-state index contributed by atoms with van der Waals surface area (Å²) in [5, 5.41) is 24.8. The zero-order valence-corrected chi connectivity index (χ0v) is 21.5. The third kappa shape index (κ3) is 7.52. The molecule has 16 heteroatoms. The van der Waals surface area contributed by atoms with E-state index in [1.54, 1.807) is 30.6 Å². The van der Waals surface area contributed by atoms with Crippen molar-refractivity contribution >= 4 is 39.1 Å². The van der Waals surface area contributed by atoms with Gasteiger partial charge in [0.15, 0.2) is 0 Å². The summed E-state index contributed by atoms with van der Waals surface area (Å²) in [6.45, 7) is 0.426.